The van der Waals surface area contributed by atoms with E-state index in [0.717, 1.165) is 16.5 Å². The molecule has 1 aliphatic rings. The fourth-order valence-electron chi connectivity index (χ4n) is 2.62. The van der Waals surface area contributed by atoms with Crippen LogP contribution in [-0.4, -0.2) is 21.8 Å². The largest absolute Gasteiger partial charge is 0.481 e. The van der Waals surface area contributed by atoms with E-state index in [1.54, 1.807) is 11.3 Å². The maximum absolute atomic E-state index is 10.7. The van der Waals surface area contributed by atoms with Gasteiger partial charge in [0.1, 0.15) is 0 Å². The first-order valence-electron chi connectivity index (χ1n) is 6.41. The molecule has 20 heavy (non-hydrogen) atoms. The van der Waals surface area contributed by atoms with Gasteiger partial charge >= 0.3 is 5.97 Å². The summed E-state index contributed by atoms with van der Waals surface area (Å²) in [7, 11) is 0. The molecule has 3 nitrogen and oxygen atoms in total. The van der Waals surface area contributed by atoms with Crippen molar-refractivity contribution in [3.05, 3.63) is 34.7 Å². The van der Waals surface area contributed by atoms with Gasteiger partial charge in [-0.2, -0.15) is 0 Å². The Labute approximate surface area is 126 Å². The number of hydrogen-bond donors (Lipinski definition) is 1. The second-order valence-corrected chi connectivity index (χ2v) is 7.85. The molecule has 2 aromatic rings. The molecule has 1 N–H and O–H groups in total. The lowest BCUT2D eigenvalue weighted by Crippen LogP contribution is -2.24. The van der Waals surface area contributed by atoms with E-state index in [1.165, 1.54) is 27.8 Å². The quantitative estimate of drug-likeness (QED) is 0.876. The van der Waals surface area contributed by atoms with E-state index in [-0.39, 0.29) is 11.2 Å². The number of fused-ring (bicyclic) bond motifs is 3. The summed E-state index contributed by atoms with van der Waals surface area (Å²) in [4.78, 5) is 16.6. The van der Waals surface area contributed by atoms with E-state index in [2.05, 4.69) is 37.0 Å². The summed E-state index contributed by atoms with van der Waals surface area (Å²) in [6, 6.07) is 8.38. The number of thiazole rings is 1. The van der Waals surface area contributed by atoms with Gasteiger partial charge in [-0.15, -0.1) is 11.3 Å². The monoisotopic (exact) mass is 305 g/mol. The van der Waals surface area contributed by atoms with Gasteiger partial charge in [-0.05, 0) is 17.4 Å². The van der Waals surface area contributed by atoms with E-state index in [1.807, 2.05) is 6.07 Å². The molecule has 0 fully saturated rings. The number of carbonyl (C=O) groups is 1. The van der Waals surface area contributed by atoms with E-state index in [0.29, 0.717) is 0 Å². The summed E-state index contributed by atoms with van der Waals surface area (Å²) >= 11 is 2.94. The Balaban J connectivity index is 2.03. The molecule has 0 aliphatic heterocycles. The number of carboxylic acid groups (broad SMARTS) is 1. The Kier molecular flexibility index (Phi) is 3.34. The molecule has 0 atom stereocenters. The van der Waals surface area contributed by atoms with Crippen LogP contribution in [0.15, 0.2) is 28.6 Å². The summed E-state index contributed by atoms with van der Waals surface area (Å²) in [5, 5.41) is 8.77. The second kappa shape index (κ2) is 4.90. The van der Waals surface area contributed by atoms with Crippen LogP contribution in [0.5, 0.6) is 0 Å². The molecule has 0 spiro atoms. The lowest BCUT2D eigenvalue weighted by atomic mass is 9.74. The van der Waals surface area contributed by atoms with Crippen LogP contribution in [0.1, 0.15) is 24.3 Å². The molecule has 0 amide bonds. The molecule has 0 unspecified atom stereocenters. The van der Waals surface area contributed by atoms with Crippen molar-refractivity contribution in [1.82, 2.24) is 4.98 Å². The van der Waals surface area contributed by atoms with Crippen molar-refractivity contribution < 1.29 is 9.90 Å². The number of aliphatic carboxylic acids is 1. The highest BCUT2D eigenvalue weighted by molar-refractivity contribution is 8.01. The molecule has 5 heteroatoms. The van der Waals surface area contributed by atoms with Gasteiger partial charge in [0, 0.05) is 10.4 Å². The highest BCUT2D eigenvalue weighted by Gasteiger charge is 2.33. The maximum atomic E-state index is 10.7. The zero-order valence-corrected chi connectivity index (χ0v) is 13.0. The first-order chi connectivity index (χ1) is 9.47. The first-order valence-corrected chi connectivity index (χ1v) is 8.22. The van der Waals surface area contributed by atoms with Crippen molar-refractivity contribution in [3.8, 4) is 11.3 Å². The van der Waals surface area contributed by atoms with Crippen molar-refractivity contribution in [2.45, 2.75) is 30.0 Å². The minimum atomic E-state index is -0.802. The fourth-order valence-corrected chi connectivity index (χ4v) is 4.77. The van der Waals surface area contributed by atoms with Crippen molar-refractivity contribution in [2.24, 2.45) is 0 Å². The van der Waals surface area contributed by atoms with Crippen LogP contribution >= 0.6 is 23.1 Å². The van der Waals surface area contributed by atoms with Crippen molar-refractivity contribution >= 4 is 29.1 Å². The summed E-state index contributed by atoms with van der Waals surface area (Å²) < 4.78 is 0.852. The van der Waals surface area contributed by atoms with Crippen LogP contribution in [0.4, 0.5) is 0 Å². The molecular formula is C15H15NO2S2. The summed E-state index contributed by atoms with van der Waals surface area (Å²) in [5.74, 6) is -0.735. The number of rotatable bonds is 3. The summed E-state index contributed by atoms with van der Waals surface area (Å²) in [5.41, 5.74) is 3.66. The van der Waals surface area contributed by atoms with E-state index in [9.17, 15) is 4.79 Å². The average Bonchev–Trinajstić information content (AvgIpc) is 2.79. The number of benzene rings is 1. The number of hydrogen-bond acceptors (Lipinski definition) is 4. The predicted molar refractivity (Wildman–Crippen MR) is 82.6 cm³/mol. The first kappa shape index (κ1) is 13.6. The number of nitrogens with zero attached hydrogens (tertiary/aromatic N) is 1. The second-order valence-electron chi connectivity index (χ2n) is 5.54. The minimum Gasteiger partial charge on any atom is -0.481 e. The molecule has 3 rings (SSSR count). The van der Waals surface area contributed by atoms with E-state index in [4.69, 9.17) is 5.11 Å². The van der Waals surface area contributed by atoms with Gasteiger partial charge in [0.15, 0.2) is 4.34 Å². The summed E-state index contributed by atoms with van der Waals surface area (Å²) in [6.45, 7) is 4.50. The van der Waals surface area contributed by atoms with Crippen molar-refractivity contribution in [1.29, 1.82) is 0 Å². The zero-order chi connectivity index (χ0) is 14.3. The van der Waals surface area contributed by atoms with Gasteiger partial charge < -0.3 is 5.11 Å². The molecule has 104 valence electrons. The lowest BCUT2D eigenvalue weighted by Gasteiger charge is -2.31. The van der Waals surface area contributed by atoms with Crippen molar-refractivity contribution in [3.63, 3.8) is 0 Å². The molecule has 1 aromatic heterocycles. The standard InChI is InChI=1S/C15H15NO2S2/c1-15(2)7-11-13(9-5-3-4-6-10(9)15)16-14(20-11)19-8-12(17)18/h3-6H,7-8H2,1-2H3,(H,17,18). The topological polar surface area (TPSA) is 50.2 Å². The van der Waals surface area contributed by atoms with Gasteiger partial charge in [0.2, 0.25) is 0 Å². The van der Waals surface area contributed by atoms with Crippen LogP contribution in [0.25, 0.3) is 11.3 Å². The van der Waals surface area contributed by atoms with Crippen molar-refractivity contribution in [2.75, 3.05) is 5.75 Å². The Morgan fingerprint density at radius 2 is 2.20 bits per heavy atom. The highest BCUT2D eigenvalue weighted by Crippen LogP contribution is 2.45. The number of carboxylic acids is 1. The maximum Gasteiger partial charge on any atom is 0.313 e. The molecule has 0 bridgehead atoms. The molecular weight excluding hydrogens is 290 g/mol. The molecule has 0 saturated heterocycles. The highest BCUT2D eigenvalue weighted by atomic mass is 32.2. The van der Waals surface area contributed by atoms with Crippen LogP contribution in [0, 0.1) is 0 Å². The van der Waals surface area contributed by atoms with E-state index >= 15 is 0 Å². The van der Waals surface area contributed by atoms with Gasteiger partial charge in [0.05, 0.1) is 11.4 Å². The van der Waals surface area contributed by atoms with E-state index < -0.39 is 5.97 Å². The molecule has 1 aliphatic carbocycles. The Hall–Kier alpha value is -1.33. The molecule has 0 radical (unpaired) electrons. The number of thioether (sulfide) groups is 1. The average molecular weight is 305 g/mol. The van der Waals surface area contributed by atoms with Crippen LogP contribution < -0.4 is 0 Å². The van der Waals surface area contributed by atoms with Crippen LogP contribution in [-0.2, 0) is 16.6 Å². The fraction of sp³-hybridized carbons (Fsp3) is 0.333. The Morgan fingerprint density at radius 1 is 1.45 bits per heavy atom. The normalized spacial score (nSPS) is 15.5. The number of aromatic nitrogens is 1. The van der Waals surface area contributed by atoms with Gasteiger partial charge in [-0.3, -0.25) is 4.79 Å². The van der Waals surface area contributed by atoms with Crippen LogP contribution in [0.2, 0.25) is 0 Å². The van der Waals surface area contributed by atoms with Gasteiger partial charge in [0.25, 0.3) is 0 Å². The third kappa shape index (κ3) is 2.36. The molecule has 0 saturated carbocycles. The third-order valence-corrected chi connectivity index (χ3v) is 5.69. The molecule has 1 heterocycles. The predicted octanol–water partition coefficient (Wildman–Crippen LogP) is 3.82. The molecule has 1 aromatic carbocycles. The Bertz CT molecular complexity index is 676. The summed E-state index contributed by atoms with van der Waals surface area (Å²) in [6.07, 6.45) is 0.963. The third-order valence-electron chi connectivity index (χ3n) is 3.51. The smallest absolute Gasteiger partial charge is 0.313 e. The van der Waals surface area contributed by atoms with Crippen LogP contribution in [0.3, 0.4) is 0 Å². The van der Waals surface area contributed by atoms with Gasteiger partial charge in [-0.1, -0.05) is 49.9 Å². The lowest BCUT2D eigenvalue weighted by molar-refractivity contribution is -0.133. The SMILES string of the molecule is CC1(C)Cc2sc(SCC(=O)O)nc2-c2ccccc21. The zero-order valence-electron chi connectivity index (χ0n) is 11.3. The Morgan fingerprint density at radius 3 is 2.95 bits per heavy atom. The minimum absolute atomic E-state index is 0.0669. The van der Waals surface area contributed by atoms with Gasteiger partial charge in [-0.25, -0.2) is 4.98 Å².